The average molecular weight is 232 g/mol. The summed E-state index contributed by atoms with van der Waals surface area (Å²) in [5.74, 6) is 1.59. The first-order chi connectivity index (χ1) is 6.74. The minimum absolute atomic E-state index is 0. The summed E-state index contributed by atoms with van der Waals surface area (Å²) in [5.41, 5.74) is 0. The topological polar surface area (TPSA) is 21.7 Å². The van der Waals surface area contributed by atoms with E-state index in [1.165, 1.54) is 0 Å². The van der Waals surface area contributed by atoms with Gasteiger partial charge in [0.05, 0.1) is 7.11 Å². The predicted octanol–water partition coefficient (Wildman–Crippen LogP) is 2.06. The molecule has 0 heterocycles. The Morgan fingerprint density at radius 3 is 2.27 bits per heavy atom. The van der Waals surface area contributed by atoms with Crippen LogP contribution in [0.3, 0.4) is 0 Å². The van der Waals surface area contributed by atoms with E-state index in [0.717, 1.165) is 18.0 Å². The molecule has 0 unspecified atom stereocenters. The van der Waals surface area contributed by atoms with E-state index in [1.54, 1.807) is 7.11 Å². The fourth-order valence-corrected chi connectivity index (χ4v) is 1.08. The fraction of sp³-hybridized carbons (Fsp3) is 0.455. The van der Waals surface area contributed by atoms with E-state index in [1.807, 2.05) is 38.4 Å². The smallest absolute Gasteiger partial charge is 0.161 e. The molecular weight excluding hydrogens is 214 g/mol. The third kappa shape index (κ3) is 4.91. The van der Waals surface area contributed by atoms with Gasteiger partial charge < -0.3 is 14.4 Å². The highest BCUT2D eigenvalue weighted by atomic mass is 35.5. The van der Waals surface area contributed by atoms with Crippen LogP contribution in [0.25, 0.3) is 0 Å². The summed E-state index contributed by atoms with van der Waals surface area (Å²) in [7, 11) is 5.69. The van der Waals surface area contributed by atoms with Crippen molar-refractivity contribution in [2.24, 2.45) is 0 Å². The zero-order chi connectivity index (χ0) is 10.4. The molecule has 15 heavy (non-hydrogen) atoms. The molecule has 0 N–H and O–H groups in total. The van der Waals surface area contributed by atoms with E-state index < -0.39 is 0 Å². The van der Waals surface area contributed by atoms with Gasteiger partial charge in [0.2, 0.25) is 0 Å². The minimum atomic E-state index is 0. The monoisotopic (exact) mass is 231 g/mol. The molecule has 4 heteroatoms. The van der Waals surface area contributed by atoms with Crippen LogP contribution in [0.1, 0.15) is 0 Å². The highest BCUT2D eigenvalue weighted by molar-refractivity contribution is 5.85. The van der Waals surface area contributed by atoms with Gasteiger partial charge in [0.15, 0.2) is 11.5 Å². The van der Waals surface area contributed by atoms with Gasteiger partial charge >= 0.3 is 0 Å². The normalized spacial score (nSPS) is 9.60. The van der Waals surface area contributed by atoms with Crippen LogP contribution >= 0.6 is 12.4 Å². The Kier molecular flexibility index (Phi) is 6.92. The molecule has 1 rings (SSSR count). The van der Waals surface area contributed by atoms with Gasteiger partial charge in [-0.2, -0.15) is 0 Å². The number of methoxy groups -OCH3 is 1. The maximum atomic E-state index is 5.57. The number of likely N-dealkylation sites (N-methyl/N-ethyl adjacent to an activating group) is 1. The number of halogens is 1. The second kappa shape index (κ2) is 7.37. The molecule has 1 aromatic rings. The number of hydrogen-bond donors (Lipinski definition) is 0. The molecule has 0 aliphatic carbocycles. The lowest BCUT2D eigenvalue weighted by molar-refractivity contribution is 0.250. The molecule has 0 aliphatic heterocycles. The number of hydrogen-bond acceptors (Lipinski definition) is 3. The third-order valence-corrected chi connectivity index (χ3v) is 1.87. The van der Waals surface area contributed by atoms with Crippen molar-refractivity contribution in [3.8, 4) is 11.5 Å². The first-order valence-electron chi connectivity index (χ1n) is 4.64. The molecule has 0 bridgehead atoms. The van der Waals surface area contributed by atoms with Crippen molar-refractivity contribution in [3.63, 3.8) is 0 Å². The molecule has 1 aromatic carbocycles. The lowest BCUT2D eigenvalue weighted by Crippen LogP contribution is -2.19. The Labute approximate surface area is 97.4 Å². The molecule has 0 atom stereocenters. The van der Waals surface area contributed by atoms with Crippen LogP contribution in [0.2, 0.25) is 0 Å². The maximum Gasteiger partial charge on any atom is 0.161 e. The Morgan fingerprint density at radius 2 is 1.73 bits per heavy atom. The van der Waals surface area contributed by atoms with Gasteiger partial charge in [-0.15, -0.1) is 12.4 Å². The number of nitrogens with zero attached hydrogens (tertiary/aromatic N) is 1. The van der Waals surface area contributed by atoms with Crippen LogP contribution < -0.4 is 9.47 Å². The number of rotatable bonds is 5. The second-order valence-electron chi connectivity index (χ2n) is 3.30. The molecule has 0 aliphatic rings. The SMILES string of the molecule is COc1ccccc1OCCN(C)C.Cl. The highest BCUT2D eigenvalue weighted by Gasteiger charge is 2.01. The zero-order valence-corrected chi connectivity index (χ0v) is 10.2. The van der Waals surface area contributed by atoms with Gasteiger partial charge in [-0.1, -0.05) is 12.1 Å². The molecule has 3 nitrogen and oxygen atoms in total. The van der Waals surface area contributed by atoms with Gasteiger partial charge in [-0.3, -0.25) is 0 Å². The predicted molar refractivity (Wildman–Crippen MR) is 64.3 cm³/mol. The second-order valence-corrected chi connectivity index (χ2v) is 3.30. The number of para-hydroxylation sites is 2. The summed E-state index contributed by atoms with van der Waals surface area (Å²) in [4.78, 5) is 2.08. The Bertz CT molecular complexity index is 279. The van der Waals surface area contributed by atoms with Gasteiger partial charge in [0, 0.05) is 6.54 Å². The molecule has 0 spiro atoms. The standard InChI is InChI=1S/C11H17NO2.ClH/c1-12(2)8-9-14-11-7-5-4-6-10(11)13-3;/h4-7H,8-9H2,1-3H3;1H. The third-order valence-electron chi connectivity index (χ3n) is 1.87. The van der Waals surface area contributed by atoms with Gasteiger partial charge in [0.1, 0.15) is 6.61 Å². The van der Waals surface area contributed by atoms with E-state index in [4.69, 9.17) is 9.47 Å². The van der Waals surface area contributed by atoms with Gasteiger partial charge in [-0.25, -0.2) is 0 Å². The zero-order valence-electron chi connectivity index (χ0n) is 9.40. The molecular formula is C11H18ClNO2. The highest BCUT2D eigenvalue weighted by Crippen LogP contribution is 2.25. The van der Waals surface area contributed by atoms with Crippen molar-refractivity contribution in [2.75, 3.05) is 34.4 Å². The van der Waals surface area contributed by atoms with Crippen LogP contribution in [-0.4, -0.2) is 39.3 Å². The molecule has 0 saturated heterocycles. The molecule has 0 saturated carbocycles. The van der Waals surface area contributed by atoms with Crippen molar-refractivity contribution in [1.29, 1.82) is 0 Å². The summed E-state index contributed by atoms with van der Waals surface area (Å²) < 4.78 is 10.7. The van der Waals surface area contributed by atoms with E-state index >= 15 is 0 Å². The van der Waals surface area contributed by atoms with E-state index in [0.29, 0.717) is 6.61 Å². The van der Waals surface area contributed by atoms with Gasteiger partial charge in [0.25, 0.3) is 0 Å². The van der Waals surface area contributed by atoms with E-state index in [2.05, 4.69) is 4.90 Å². The van der Waals surface area contributed by atoms with Crippen LogP contribution in [0.5, 0.6) is 11.5 Å². The molecule has 0 radical (unpaired) electrons. The quantitative estimate of drug-likeness (QED) is 0.775. The largest absolute Gasteiger partial charge is 0.493 e. The summed E-state index contributed by atoms with van der Waals surface area (Å²) in [6, 6.07) is 7.67. The molecule has 0 aromatic heterocycles. The van der Waals surface area contributed by atoms with Crippen molar-refractivity contribution >= 4 is 12.4 Å². The molecule has 86 valence electrons. The summed E-state index contributed by atoms with van der Waals surface area (Å²) in [6.45, 7) is 1.57. The Balaban J connectivity index is 0.00000196. The summed E-state index contributed by atoms with van der Waals surface area (Å²) in [6.07, 6.45) is 0. The fourth-order valence-electron chi connectivity index (χ4n) is 1.08. The number of benzene rings is 1. The molecule has 0 amide bonds. The van der Waals surface area contributed by atoms with Crippen LogP contribution in [0, 0.1) is 0 Å². The average Bonchev–Trinajstić information content (AvgIpc) is 2.18. The van der Waals surface area contributed by atoms with Crippen LogP contribution in [-0.2, 0) is 0 Å². The first-order valence-corrected chi connectivity index (χ1v) is 4.64. The van der Waals surface area contributed by atoms with E-state index in [9.17, 15) is 0 Å². The van der Waals surface area contributed by atoms with Crippen molar-refractivity contribution < 1.29 is 9.47 Å². The Hall–Kier alpha value is -0.930. The van der Waals surface area contributed by atoms with Crippen LogP contribution in [0.15, 0.2) is 24.3 Å². The van der Waals surface area contributed by atoms with E-state index in [-0.39, 0.29) is 12.4 Å². The number of ether oxygens (including phenoxy) is 2. The van der Waals surface area contributed by atoms with Gasteiger partial charge in [-0.05, 0) is 26.2 Å². The van der Waals surface area contributed by atoms with Crippen molar-refractivity contribution in [2.45, 2.75) is 0 Å². The summed E-state index contributed by atoms with van der Waals surface area (Å²) in [5, 5.41) is 0. The maximum absolute atomic E-state index is 5.57. The lowest BCUT2D eigenvalue weighted by Gasteiger charge is -2.12. The summed E-state index contributed by atoms with van der Waals surface area (Å²) >= 11 is 0. The van der Waals surface area contributed by atoms with Crippen molar-refractivity contribution in [3.05, 3.63) is 24.3 Å². The van der Waals surface area contributed by atoms with Crippen LogP contribution in [0.4, 0.5) is 0 Å². The lowest BCUT2D eigenvalue weighted by atomic mass is 10.3. The Morgan fingerprint density at radius 1 is 1.13 bits per heavy atom. The minimum Gasteiger partial charge on any atom is -0.493 e. The first kappa shape index (κ1) is 14.1. The molecule has 0 fully saturated rings. The van der Waals surface area contributed by atoms with Crippen molar-refractivity contribution in [1.82, 2.24) is 4.90 Å².